The number of nitrogens with one attached hydrogen (secondary N) is 2. The molecular weight excluding hydrogens is 258 g/mol. The van der Waals surface area contributed by atoms with Gasteiger partial charge in [-0.2, -0.15) is 0 Å². The Balaban J connectivity index is 1.79. The van der Waals surface area contributed by atoms with Crippen LogP contribution in [0.5, 0.6) is 0 Å². The largest absolute Gasteiger partial charge is 0.310 e. The lowest BCUT2D eigenvalue weighted by molar-refractivity contribution is -0.115. The van der Waals surface area contributed by atoms with Crippen molar-refractivity contribution < 1.29 is 4.79 Å². The first-order chi connectivity index (χ1) is 7.24. The molecule has 15 heavy (non-hydrogen) atoms. The Morgan fingerprint density at radius 1 is 1.53 bits per heavy atom. The van der Waals surface area contributed by atoms with Crippen molar-refractivity contribution in [2.45, 2.75) is 18.9 Å². The molecule has 0 spiro atoms. The van der Waals surface area contributed by atoms with Crippen LogP contribution in [0.15, 0.2) is 22.8 Å². The molecule has 5 heteroatoms. The van der Waals surface area contributed by atoms with E-state index in [9.17, 15) is 4.79 Å². The van der Waals surface area contributed by atoms with Gasteiger partial charge in [0.05, 0.1) is 6.54 Å². The summed E-state index contributed by atoms with van der Waals surface area (Å²) in [6.45, 7) is 0.364. The highest BCUT2D eigenvalue weighted by Gasteiger charge is 2.21. The summed E-state index contributed by atoms with van der Waals surface area (Å²) >= 11 is 3.28. The van der Waals surface area contributed by atoms with Crippen LogP contribution < -0.4 is 10.6 Å². The summed E-state index contributed by atoms with van der Waals surface area (Å²) in [5, 5.41) is 5.86. The summed E-state index contributed by atoms with van der Waals surface area (Å²) in [6.07, 6.45) is 4.03. The first kappa shape index (κ1) is 10.6. The molecule has 0 aliphatic heterocycles. The number of rotatable bonds is 4. The van der Waals surface area contributed by atoms with Gasteiger partial charge in [-0.05, 0) is 40.9 Å². The number of hydrogen-bond donors (Lipinski definition) is 2. The van der Waals surface area contributed by atoms with Gasteiger partial charge in [0, 0.05) is 16.7 Å². The van der Waals surface area contributed by atoms with Gasteiger partial charge in [-0.1, -0.05) is 0 Å². The molecule has 1 aliphatic carbocycles. The van der Waals surface area contributed by atoms with E-state index in [1.807, 2.05) is 6.07 Å². The highest BCUT2D eigenvalue weighted by atomic mass is 79.9. The van der Waals surface area contributed by atoms with E-state index in [2.05, 4.69) is 31.5 Å². The van der Waals surface area contributed by atoms with E-state index in [0.717, 1.165) is 4.47 Å². The lowest BCUT2D eigenvalue weighted by Gasteiger charge is -2.04. The second kappa shape index (κ2) is 4.72. The van der Waals surface area contributed by atoms with E-state index in [1.165, 1.54) is 12.8 Å². The Bertz CT molecular complexity index is 348. The van der Waals surface area contributed by atoms with Crippen molar-refractivity contribution in [1.82, 2.24) is 10.3 Å². The molecule has 0 aromatic carbocycles. The molecule has 1 aliphatic rings. The lowest BCUT2D eigenvalue weighted by Crippen LogP contribution is -2.29. The Hall–Kier alpha value is -0.940. The Kier molecular flexibility index (Phi) is 3.33. The summed E-state index contributed by atoms with van der Waals surface area (Å²) in [5.74, 6) is 0.539. The molecule has 4 nitrogen and oxygen atoms in total. The second-order valence-corrected chi connectivity index (χ2v) is 4.48. The molecule has 1 aromatic heterocycles. The van der Waals surface area contributed by atoms with Gasteiger partial charge >= 0.3 is 0 Å². The van der Waals surface area contributed by atoms with Crippen LogP contribution in [-0.4, -0.2) is 23.5 Å². The minimum Gasteiger partial charge on any atom is -0.310 e. The number of nitrogens with zero attached hydrogens (tertiary/aromatic N) is 1. The average Bonchev–Trinajstić information content (AvgIpc) is 3.02. The SMILES string of the molecule is O=C(CNC1CC1)Nc1ccc(Br)cn1. The molecule has 1 saturated carbocycles. The van der Waals surface area contributed by atoms with Crippen LogP contribution in [0.4, 0.5) is 5.82 Å². The molecule has 1 amide bonds. The third kappa shape index (κ3) is 3.60. The second-order valence-electron chi connectivity index (χ2n) is 3.57. The van der Waals surface area contributed by atoms with Gasteiger partial charge in [0.25, 0.3) is 0 Å². The Morgan fingerprint density at radius 2 is 2.33 bits per heavy atom. The maximum atomic E-state index is 11.4. The predicted octanol–water partition coefficient (Wildman–Crippen LogP) is 1.53. The van der Waals surface area contributed by atoms with Crippen LogP contribution in [0.2, 0.25) is 0 Å². The molecule has 0 radical (unpaired) electrons. The van der Waals surface area contributed by atoms with E-state index in [0.29, 0.717) is 18.4 Å². The molecular formula is C10H12BrN3O. The smallest absolute Gasteiger partial charge is 0.239 e. The number of pyridine rings is 1. The molecule has 80 valence electrons. The number of amides is 1. The highest BCUT2D eigenvalue weighted by molar-refractivity contribution is 9.10. The minimum atomic E-state index is -0.0447. The number of anilines is 1. The zero-order valence-corrected chi connectivity index (χ0v) is 9.75. The summed E-state index contributed by atoms with van der Waals surface area (Å²) in [6, 6.07) is 4.16. The van der Waals surface area contributed by atoms with Crippen molar-refractivity contribution >= 4 is 27.7 Å². The van der Waals surface area contributed by atoms with Crippen molar-refractivity contribution in [3.63, 3.8) is 0 Å². The molecule has 2 N–H and O–H groups in total. The van der Waals surface area contributed by atoms with Crippen LogP contribution >= 0.6 is 15.9 Å². The summed E-state index contributed by atoms with van der Waals surface area (Å²) in [5.41, 5.74) is 0. The average molecular weight is 270 g/mol. The van der Waals surface area contributed by atoms with E-state index in [1.54, 1.807) is 12.3 Å². The number of aromatic nitrogens is 1. The fraction of sp³-hybridized carbons (Fsp3) is 0.400. The molecule has 2 rings (SSSR count). The van der Waals surface area contributed by atoms with E-state index >= 15 is 0 Å². The number of halogens is 1. The Labute approximate surface area is 96.6 Å². The van der Waals surface area contributed by atoms with Gasteiger partial charge in [-0.3, -0.25) is 4.79 Å². The number of carbonyl (C=O) groups is 1. The van der Waals surface area contributed by atoms with Crippen molar-refractivity contribution in [1.29, 1.82) is 0 Å². The normalized spacial score (nSPS) is 15.0. The highest BCUT2D eigenvalue weighted by Crippen LogP contribution is 2.18. The standard InChI is InChI=1S/C10H12BrN3O/c11-7-1-4-9(13-5-7)14-10(15)6-12-8-2-3-8/h1,4-5,8,12H,2-3,6H2,(H,13,14,15). The number of hydrogen-bond acceptors (Lipinski definition) is 3. The fourth-order valence-electron chi connectivity index (χ4n) is 1.16. The molecule has 0 atom stereocenters. The summed E-state index contributed by atoms with van der Waals surface area (Å²) in [4.78, 5) is 15.5. The Morgan fingerprint density at radius 3 is 2.93 bits per heavy atom. The minimum absolute atomic E-state index is 0.0447. The van der Waals surface area contributed by atoms with Crippen LogP contribution in [-0.2, 0) is 4.79 Å². The van der Waals surface area contributed by atoms with Crippen LogP contribution in [0.25, 0.3) is 0 Å². The van der Waals surface area contributed by atoms with Crippen molar-refractivity contribution in [2.24, 2.45) is 0 Å². The summed E-state index contributed by atoms with van der Waals surface area (Å²) in [7, 11) is 0. The van der Waals surface area contributed by atoms with Gasteiger partial charge in [0.15, 0.2) is 0 Å². The first-order valence-corrected chi connectivity index (χ1v) is 5.68. The van der Waals surface area contributed by atoms with Crippen molar-refractivity contribution in [3.05, 3.63) is 22.8 Å². The van der Waals surface area contributed by atoms with Gasteiger partial charge in [0.1, 0.15) is 5.82 Å². The van der Waals surface area contributed by atoms with Crippen molar-refractivity contribution in [3.8, 4) is 0 Å². The lowest BCUT2D eigenvalue weighted by atomic mass is 10.4. The molecule has 1 fully saturated rings. The van der Waals surface area contributed by atoms with E-state index in [-0.39, 0.29) is 5.91 Å². The molecule has 0 bridgehead atoms. The van der Waals surface area contributed by atoms with Gasteiger partial charge in [-0.25, -0.2) is 4.98 Å². The maximum Gasteiger partial charge on any atom is 0.239 e. The van der Waals surface area contributed by atoms with Crippen LogP contribution in [0.3, 0.4) is 0 Å². The quantitative estimate of drug-likeness (QED) is 0.872. The van der Waals surface area contributed by atoms with Gasteiger partial charge in [-0.15, -0.1) is 0 Å². The van der Waals surface area contributed by atoms with Gasteiger partial charge in [0.2, 0.25) is 5.91 Å². The monoisotopic (exact) mass is 269 g/mol. The fourth-order valence-corrected chi connectivity index (χ4v) is 1.40. The summed E-state index contributed by atoms with van der Waals surface area (Å²) < 4.78 is 0.900. The van der Waals surface area contributed by atoms with Crippen LogP contribution in [0, 0.1) is 0 Å². The zero-order valence-electron chi connectivity index (χ0n) is 8.16. The number of carbonyl (C=O) groups excluding carboxylic acids is 1. The molecule has 1 heterocycles. The molecule has 0 unspecified atom stereocenters. The maximum absolute atomic E-state index is 11.4. The van der Waals surface area contributed by atoms with E-state index in [4.69, 9.17) is 0 Å². The zero-order chi connectivity index (χ0) is 10.7. The van der Waals surface area contributed by atoms with E-state index < -0.39 is 0 Å². The topological polar surface area (TPSA) is 54.0 Å². The predicted molar refractivity (Wildman–Crippen MR) is 61.6 cm³/mol. The third-order valence-electron chi connectivity index (χ3n) is 2.12. The molecule has 1 aromatic rings. The molecule has 0 saturated heterocycles. The van der Waals surface area contributed by atoms with Gasteiger partial charge < -0.3 is 10.6 Å². The van der Waals surface area contributed by atoms with Crippen LogP contribution in [0.1, 0.15) is 12.8 Å². The first-order valence-electron chi connectivity index (χ1n) is 4.89. The third-order valence-corrected chi connectivity index (χ3v) is 2.59. The van der Waals surface area contributed by atoms with Crippen molar-refractivity contribution in [2.75, 3.05) is 11.9 Å².